The van der Waals surface area contributed by atoms with Crippen LogP contribution >= 0.6 is 0 Å². The average molecular weight is 273 g/mol. The van der Waals surface area contributed by atoms with Crippen LogP contribution in [0, 0.1) is 23.5 Å². The second kappa shape index (κ2) is 6.69. The average Bonchev–Trinajstić information content (AvgIpc) is 2.47. The second-order valence-corrected chi connectivity index (χ2v) is 4.03. The monoisotopic (exact) mass is 273 g/mol. The van der Waals surface area contributed by atoms with Crippen LogP contribution in [0.15, 0.2) is 42.5 Å². The summed E-state index contributed by atoms with van der Waals surface area (Å²) < 4.78 is 31.3. The van der Waals surface area contributed by atoms with Crippen molar-refractivity contribution in [1.82, 2.24) is 0 Å². The van der Waals surface area contributed by atoms with Gasteiger partial charge < -0.3 is 10.5 Å². The van der Waals surface area contributed by atoms with Crippen LogP contribution in [0.3, 0.4) is 0 Å². The van der Waals surface area contributed by atoms with E-state index in [9.17, 15) is 8.78 Å². The quantitative estimate of drug-likeness (QED) is 0.873. The van der Waals surface area contributed by atoms with Gasteiger partial charge in [-0.1, -0.05) is 30.0 Å². The van der Waals surface area contributed by atoms with E-state index in [1.165, 1.54) is 6.07 Å². The van der Waals surface area contributed by atoms with E-state index in [1.807, 2.05) is 24.3 Å². The van der Waals surface area contributed by atoms with Gasteiger partial charge in [0.15, 0.2) is 11.6 Å². The van der Waals surface area contributed by atoms with Crippen molar-refractivity contribution in [3.05, 3.63) is 65.2 Å². The van der Waals surface area contributed by atoms with Crippen molar-refractivity contribution in [2.45, 2.75) is 6.61 Å². The molecule has 0 aliphatic carbocycles. The summed E-state index contributed by atoms with van der Waals surface area (Å²) in [6.45, 7) is 0.499. The van der Waals surface area contributed by atoms with E-state index >= 15 is 0 Å². The first-order valence-electron chi connectivity index (χ1n) is 6.05. The van der Waals surface area contributed by atoms with Gasteiger partial charge in [0, 0.05) is 17.2 Å². The highest BCUT2D eigenvalue weighted by Crippen LogP contribution is 2.17. The number of nitrogens with two attached hydrogens (primary N) is 1. The summed E-state index contributed by atoms with van der Waals surface area (Å²) in [5, 5.41) is 0. The molecule has 4 heteroatoms. The summed E-state index contributed by atoms with van der Waals surface area (Å²) in [5.41, 5.74) is 7.01. The predicted octanol–water partition coefficient (Wildman–Crippen LogP) is 2.85. The largest absolute Gasteiger partial charge is 0.489 e. The Morgan fingerprint density at radius 1 is 1.05 bits per heavy atom. The van der Waals surface area contributed by atoms with Gasteiger partial charge in [-0.15, -0.1) is 0 Å². The van der Waals surface area contributed by atoms with E-state index in [2.05, 4.69) is 11.8 Å². The molecule has 102 valence electrons. The molecule has 0 atom stereocenters. The lowest BCUT2D eigenvalue weighted by molar-refractivity contribution is 0.303. The summed E-state index contributed by atoms with van der Waals surface area (Å²) >= 11 is 0. The smallest absolute Gasteiger partial charge is 0.162 e. The molecule has 0 aliphatic rings. The number of halogens is 2. The molecule has 2 nitrogen and oxygen atoms in total. The molecule has 0 saturated carbocycles. The molecule has 0 aliphatic heterocycles. The van der Waals surface area contributed by atoms with Gasteiger partial charge in [-0.2, -0.15) is 0 Å². The molecule has 20 heavy (non-hydrogen) atoms. The van der Waals surface area contributed by atoms with E-state index in [-0.39, 0.29) is 18.9 Å². The van der Waals surface area contributed by atoms with Crippen molar-refractivity contribution >= 4 is 0 Å². The Kier molecular flexibility index (Phi) is 4.70. The van der Waals surface area contributed by atoms with Crippen LogP contribution in [0.5, 0.6) is 5.75 Å². The normalized spacial score (nSPS) is 9.75. The van der Waals surface area contributed by atoms with Crippen molar-refractivity contribution < 1.29 is 13.5 Å². The number of hydrogen-bond donors (Lipinski definition) is 1. The van der Waals surface area contributed by atoms with Crippen LogP contribution in [-0.2, 0) is 6.61 Å². The standard InChI is InChI=1S/C16H13F2NO/c17-15-8-7-14(10-16(15)18)20-11-13-5-2-1-4-12(13)6-3-9-19/h1-2,4-5,7-8,10H,9,11,19H2. The molecular weight excluding hydrogens is 260 g/mol. The van der Waals surface area contributed by atoms with E-state index in [4.69, 9.17) is 10.5 Å². The summed E-state index contributed by atoms with van der Waals surface area (Å²) in [7, 11) is 0. The topological polar surface area (TPSA) is 35.2 Å². The molecule has 0 saturated heterocycles. The third-order valence-electron chi connectivity index (χ3n) is 2.63. The molecule has 0 fully saturated rings. The molecule has 2 N–H and O–H groups in total. The van der Waals surface area contributed by atoms with E-state index in [1.54, 1.807) is 0 Å². The van der Waals surface area contributed by atoms with Gasteiger partial charge in [-0.05, 0) is 18.2 Å². The van der Waals surface area contributed by atoms with Gasteiger partial charge in [-0.25, -0.2) is 8.78 Å². The fraction of sp³-hybridized carbons (Fsp3) is 0.125. The molecule has 0 bridgehead atoms. The zero-order valence-electron chi connectivity index (χ0n) is 10.7. The Bertz CT molecular complexity index is 659. The molecule has 0 spiro atoms. The van der Waals surface area contributed by atoms with Crippen molar-refractivity contribution in [2.75, 3.05) is 6.54 Å². The molecule has 2 aromatic carbocycles. The summed E-state index contributed by atoms with van der Waals surface area (Å²) in [4.78, 5) is 0. The van der Waals surface area contributed by atoms with Crippen LogP contribution < -0.4 is 10.5 Å². The van der Waals surface area contributed by atoms with Gasteiger partial charge in [0.05, 0.1) is 6.54 Å². The van der Waals surface area contributed by atoms with E-state index in [0.29, 0.717) is 0 Å². The lowest BCUT2D eigenvalue weighted by Crippen LogP contribution is -1.99. The molecule has 0 aromatic heterocycles. The minimum Gasteiger partial charge on any atom is -0.489 e. The van der Waals surface area contributed by atoms with Gasteiger partial charge in [0.1, 0.15) is 12.4 Å². The van der Waals surface area contributed by atoms with Gasteiger partial charge in [0.2, 0.25) is 0 Å². The van der Waals surface area contributed by atoms with Crippen LogP contribution in [0.25, 0.3) is 0 Å². The lowest BCUT2D eigenvalue weighted by atomic mass is 10.1. The van der Waals surface area contributed by atoms with E-state index in [0.717, 1.165) is 23.3 Å². The molecule has 2 aromatic rings. The predicted molar refractivity (Wildman–Crippen MR) is 73.1 cm³/mol. The Balaban J connectivity index is 2.12. The number of hydrogen-bond acceptors (Lipinski definition) is 2. The van der Waals surface area contributed by atoms with Crippen LogP contribution in [0.4, 0.5) is 8.78 Å². The molecule has 0 heterocycles. The fourth-order valence-electron chi connectivity index (χ4n) is 1.64. The number of benzene rings is 2. The van der Waals surface area contributed by atoms with Crippen molar-refractivity contribution in [2.24, 2.45) is 5.73 Å². The van der Waals surface area contributed by atoms with Crippen molar-refractivity contribution in [1.29, 1.82) is 0 Å². The molecule has 0 radical (unpaired) electrons. The Morgan fingerprint density at radius 3 is 2.60 bits per heavy atom. The van der Waals surface area contributed by atoms with Crippen molar-refractivity contribution in [3.63, 3.8) is 0 Å². The highest BCUT2D eigenvalue weighted by molar-refractivity contribution is 5.41. The molecule has 2 rings (SSSR count). The highest BCUT2D eigenvalue weighted by atomic mass is 19.2. The third-order valence-corrected chi connectivity index (χ3v) is 2.63. The first kappa shape index (κ1) is 14.0. The zero-order chi connectivity index (χ0) is 14.4. The minimum atomic E-state index is -0.932. The summed E-state index contributed by atoms with van der Waals surface area (Å²) in [5.74, 6) is 4.15. The molecular formula is C16H13F2NO. The fourth-order valence-corrected chi connectivity index (χ4v) is 1.64. The maximum Gasteiger partial charge on any atom is 0.162 e. The van der Waals surface area contributed by atoms with E-state index < -0.39 is 11.6 Å². The molecule has 0 unspecified atom stereocenters. The lowest BCUT2D eigenvalue weighted by Gasteiger charge is -2.08. The highest BCUT2D eigenvalue weighted by Gasteiger charge is 2.05. The number of rotatable bonds is 3. The summed E-state index contributed by atoms with van der Waals surface area (Å²) in [6, 6.07) is 10.9. The van der Waals surface area contributed by atoms with Gasteiger partial charge >= 0.3 is 0 Å². The number of ether oxygens (including phenoxy) is 1. The van der Waals surface area contributed by atoms with Crippen molar-refractivity contribution in [3.8, 4) is 17.6 Å². The Labute approximate surface area is 116 Å². The first-order chi connectivity index (χ1) is 9.70. The maximum absolute atomic E-state index is 13.1. The van der Waals surface area contributed by atoms with Gasteiger partial charge in [0.25, 0.3) is 0 Å². The minimum absolute atomic E-state index is 0.223. The Hall–Kier alpha value is -2.38. The summed E-state index contributed by atoms with van der Waals surface area (Å²) in [6.07, 6.45) is 0. The van der Waals surface area contributed by atoms with Crippen LogP contribution in [0.2, 0.25) is 0 Å². The van der Waals surface area contributed by atoms with Crippen LogP contribution in [0.1, 0.15) is 11.1 Å². The molecule has 0 amide bonds. The first-order valence-corrected chi connectivity index (χ1v) is 6.05. The van der Waals surface area contributed by atoms with Gasteiger partial charge in [-0.3, -0.25) is 0 Å². The van der Waals surface area contributed by atoms with Crippen LogP contribution in [-0.4, -0.2) is 6.54 Å². The third kappa shape index (κ3) is 3.56. The SMILES string of the molecule is NCC#Cc1ccccc1COc1ccc(F)c(F)c1. The maximum atomic E-state index is 13.1. The Morgan fingerprint density at radius 2 is 1.85 bits per heavy atom. The second-order valence-electron chi connectivity index (χ2n) is 4.03. The zero-order valence-corrected chi connectivity index (χ0v) is 10.7.